The second-order valence-electron chi connectivity index (χ2n) is 3.24. The molecule has 0 fully saturated rings. The van der Waals surface area contributed by atoms with E-state index in [1.807, 2.05) is 31.2 Å². The first-order valence-corrected chi connectivity index (χ1v) is 5.69. The van der Waals surface area contributed by atoms with Crippen molar-refractivity contribution in [1.29, 1.82) is 0 Å². The Bertz CT molecular complexity index is 341. The summed E-state index contributed by atoms with van der Waals surface area (Å²) >= 11 is 3.40. The van der Waals surface area contributed by atoms with Crippen LogP contribution in [0.4, 0.5) is 0 Å². The lowest BCUT2D eigenvalue weighted by atomic mass is 10.2. The molecule has 0 aliphatic rings. The number of likely N-dealkylation sites (N-methyl/N-ethyl adjacent to an activating group) is 1. The lowest BCUT2D eigenvalue weighted by Crippen LogP contribution is -2.35. The highest BCUT2D eigenvalue weighted by Gasteiger charge is 2.09. The van der Waals surface area contributed by atoms with Crippen LogP contribution in [-0.4, -0.2) is 23.9 Å². The molecule has 0 aliphatic carbocycles. The third kappa shape index (κ3) is 3.64. The molecule has 1 rings (SSSR count). The highest BCUT2D eigenvalue weighted by Crippen LogP contribution is 2.13. The molecule has 1 amide bonds. The smallest absolute Gasteiger partial charge is 0.236 e. The maximum absolute atomic E-state index is 11.4. The summed E-state index contributed by atoms with van der Waals surface area (Å²) in [6.07, 6.45) is 0. The molecule has 1 aromatic carbocycles. The van der Waals surface area contributed by atoms with Crippen LogP contribution in [-0.2, 0) is 11.3 Å². The Hall–Kier alpha value is -0.870. The zero-order valence-electron chi connectivity index (χ0n) is 8.74. The third-order valence-corrected chi connectivity index (χ3v) is 2.66. The minimum absolute atomic E-state index is 0.0162. The predicted molar refractivity (Wildman–Crippen MR) is 64.3 cm³/mol. The maximum Gasteiger partial charge on any atom is 0.236 e. The summed E-state index contributed by atoms with van der Waals surface area (Å²) in [5.41, 5.74) is 6.44. The summed E-state index contributed by atoms with van der Waals surface area (Å²) in [6, 6.07) is 7.92. The third-order valence-electron chi connectivity index (χ3n) is 2.17. The average Bonchev–Trinajstić information content (AvgIpc) is 2.25. The number of amides is 1. The molecular formula is C11H15BrN2O. The number of nitrogens with zero attached hydrogens (tertiary/aromatic N) is 1. The van der Waals surface area contributed by atoms with Gasteiger partial charge in [0.2, 0.25) is 5.91 Å². The van der Waals surface area contributed by atoms with Gasteiger partial charge in [-0.25, -0.2) is 0 Å². The zero-order chi connectivity index (χ0) is 11.3. The fourth-order valence-electron chi connectivity index (χ4n) is 1.36. The van der Waals surface area contributed by atoms with Gasteiger partial charge in [-0.2, -0.15) is 0 Å². The van der Waals surface area contributed by atoms with Crippen LogP contribution in [0.1, 0.15) is 12.5 Å². The van der Waals surface area contributed by atoms with Crippen molar-refractivity contribution >= 4 is 21.8 Å². The number of benzene rings is 1. The molecular weight excluding hydrogens is 256 g/mol. The van der Waals surface area contributed by atoms with Crippen LogP contribution in [0.3, 0.4) is 0 Å². The summed E-state index contributed by atoms with van der Waals surface area (Å²) < 4.78 is 1.02. The van der Waals surface area contributed by atoms with Gasteiger partial charge in [-0.05, 0) is 24.6 Å². The van der Waals surface area contributed by atoms with Crippen LogP contribution in [0.2, 0.25) is 0 Å². The van der Waals surface area contributed by atoms with Gasteiger partial charge in [-0.3, -0.25) is 4.79 Å². The molecule has 1 aromatic rings. The van der Waals surface area contributed by atoms with E-state index in [-0.39, 0.29) is 12.5 Å². The number of nitrogens with two attached hydrogens (primary N) is 1. The van der Waals surface area contributed by atoms with E-state index in [9.17, 15) is 4.79 Å². The predicted octanol–water partition coefficient (Wildman–Crippen LogP) is 1.76. The maximum atomic E-state index is 11.4. The molecule has 82 valence electrons. The Labute approximate surface area is 98.4 Å². The van der Waals surface area contributed by atoms with Gasteiger partial charge in [0.25, 0.3) is 0 Å². The Morgan fingerprint density at radius 1 is 1.53 bits per heavy atom. The summed E-state index contributed by atoms with van der Waals surface area (Å²) in [7, 11) is 0. The van der Waals surface area contributed by atoms with Crippen LogP contribution in [0, 0.1) is 0 Å². The van der Waals surface area contributed by atoms with E-state index in [0.717, 1.165) is 10.0 Å². The van der Waals surface area contributed by atoms with Crippen LogP contribution < -0.4 is 5.73 Å². The van der Waals surface area contributed by atoms with E-state index in [1.165, 1.54) is 0 Å². The number of carbonyl (C=O) groups excluding carboxylic acids is 1. The Balaban J connectivity index is 2.70. The number of rotatable bonds is 4. The van der Waals surface area contributed by atoms with Gasteiger partial charge in [0, 0.05) is 17.6 Å². The fraction of sp³-hybridized carbons (Fsp3) is 0.364. The lowest BCUT2D eigenvalue weighted by molar-refractivity contribution is -0.130. The van der Waals surface area contributed by atoms with Gasteiger partial charge < -0.3 is 10.6 Å². The van der Waals surface area contributed by atoms with Crippen LogP contribution in [0.15, 0.2) is 28.7 Å². The minimum Gasteiger partial charge on any atom is -0.338 e. The van der Waals surface area contributed by atoms with Gasteiger partial charge in [0.05, 0.1) is 6.54 Å². The molecule has 15 heavy (non-hydrogen) atoms. The Morgan fingerprint density at radius 2 is 2.27 bits per heavy atom. The second-order valence-corrected chi connectivity index (χ2v) is 4.16. The van der Waals surface area contributed by atoms with E-state index >= 15 is 0 Å². The molecule has 0 saturated carbocycles. The molecule has 0 bridgehead atoms. The van der Waals surface area contributed by atoms with E-state index in [0.29, 0.717) is 13.1 Å². The van der Waals surface area contributed by atoms with Crippen molar-refractivity contribution in [3.05, 3.63) is 34.3 Å². The van der Waals surface area contributed by atoms with Crippen molar-refractivity contribution in [2.45, 2.75) is 13.5 Å². The van der Waals surface area contributed by atoms with Crippen molar-refractivity contribution in [2.75, 3.05) is 13.1 Å². The number of hydrogen-bond donors (Lipinski definition) is 1. The van der Waals surface area contributed by atoms with Gasteiger partial charge >= 0.3 is 0 Å². The van der Waals surface area contributed by atoms with Gasteiger partial charge in [-0.1, -0.05) is 28.1 Å². The van der Waals surface area contributed by atoms with E-state index in [2.05, 4.69) is 15.9 Å². The number of carbonyl (C=O) groups is 1. The molecule has 0 aliphatic heterocycles. The SMILES string of the molecule is CCN(Cc1cccc(Br)c1)C(=O)CN. The fourth-order valence-corrected chi connectivity index (χ4v) is 1.81. The largest absolute Gasteiger partial charge is 0.338 e. The number of halogens is 1. The Morgan fingerprint density at radius 3 is 2.80 bits per heavy atom. The standard InChI is InChI=1S/C11H15BrN2O/c1-2-14(11(15)7-13)8-9-4-3-5-10(12)6-9/h3-6H,2,7-8,13H2,1H3. The molecule has 2 N–H and O–H groups in total. The topological polar surface area (TPSA) is 46.3 Å². The normalized spacial score (nSPS) is 10.1. The van der Waals surface area contributed by atoms with Gasteiger partial charge in [-0.15, -0.1) is 0 Å². The van der Waals surface area contributed by atoms with Crippen LogP contribution in [0.5, 0.6) is 0 Å². The molecule has 0 saturated heterocycles. The summed E-state index contributed by atoms with van der Waals surface area (Å²) in [6.45, 7) is 3.32. The second kappa shape index (κ2) is 5.88. The zero-order valence-corrected chi connectivity index (χ0v) is 10.3. The van der Waals surface area contributed by atoms with E-state index in [4.69, 9.17) is 5.73 Å². The first-order chi connectivity index (χ1) is 7.17. The number of hydrogen-bond acceptors (Lipinski definition) is 2. The molecule has 0 spiro atoms. The van der Waals surface area contributed by atoms with Crippen LogP contribution in [0.25, 0.3) is 0 Å². The first-order valence-electron chi connectivity index (χ1n) is 4.89. The highest BCUT2D eigenvalue weighted by atomic mass is 79.9. The highest BCUT2D eigenvalue weighted by molar-refractivity contribution is 9.10. The van der Waals surface area contributed by atoms with Crippen molar-refractivity contribution in [3.8, 4) is 0 Å². The molecule has 4 heteroatoms. The van der Waals surface area contributed by atoms with Crippen molar-refractivity contribution in [2.24, 2.45) is 5.73 Å². The quantitative estimate of drug-likeness (QED) is 0.907. The molecule has 0 unspecified atom stereocenters. The average molecular weight is 271 g/mol. The van der Waals surface area contributed by atoms with Gasteiger partial charge in [0.15, 0.2) is 0 Å². The van der Waals surface area contributed by atoms with Crippen LogP contribution >= 0.6 is 15.9 Å². The van der Waals surface area contributed by atoms with Crippen molar-refractivity contribution in [1.82, 2.24) is 4.90 Å². The molecule has 3 nitrogen and oxygen atoms in total. The lowest BCUT2D eigenvalue weighted by Gasteiger charge is -2.20. The monoisotopic (exact) mass is 270 g/mol. The Kier molecular flexibility index (Phi) is 4.78. The first kappa shape index (κ1) is 12.2. The van der Waals surface area contributed by atoms with Crippen molar-refractivity contribution in [3.63, 3.8) is 0 Å². The molecule has 0 radical (unpaired) electrons. The molecule has 0 heterocycles. The summed E-state index contributed by atoms with van der Waals surface area (Å²) in [5, 5.41) is 0. The minimum atomic E-state index is -0.0162. The summed E-state index contributed by atoms with van der Waals surface area (Å²) in [5.74, 6) is -0.0162. The molecule has 0 aromatic heterocycles. The van der Waals surface area contributed by atoms with E-state index in [1.54, 1.807) is 4.90 Å². The van der Waals surface area contributed by atoms with Gasteiger partial charge in [0.1, 0.15) is 0 Å². The van der Waals surface area contributed by atoms with Crippen molar-refractivity contribution < 1.29 is 4.79 Å². The molecule has 0 atom stereocenters. The summed E-state index contributed by atoms with van der Waals surface area (Å²) in [4.78, 5) is 13.2. The van der Waals surface area contributed by atoms with E-state index < -0.39 is 0 Å².